The van der Waals surface area contributed by atoms with Gasteiger partial charge >= 0.3 is 0 Å². The summed E-state index contributed by atoms with van der Waals surface area (Å²) in [7, 11) is 3.08. The zero-order chi connectivity index (χ0) is 23.9. The average Bonchev–Trinajstić information content (AvgIpc) is 3.38. The van der Waals surface area contributed by atoms with Crippen LogP contribution in [0.4, 0.5) is 0 Å². The number of hydrogen-bond donors (Lipinski definition) is 1. The number of ether oxygens (including phenoxy) is 2. The van der Waals surface area contributed by atoms with E-state index >= 15 is 0 Å². The van der Waals surface area contributed by atoms with Gasteiger partial charge in [-0.1, -0.05) is 13.0 Å². The number of methoxy groups -OCH3 is 1. The molecule has 34 heavy (non-hydrogen) atoms. The maximum atomic E-state index is 13.3. The van der Waals surface area contributed by atoms with Gasteiger partial charge < -0.3 is 19.4 Å². The molecule has 1 aromatic heterocycles. The van der Waals surface area contributed by atoms with Crippen LogP contribution in [0, 0.1) is 0 Å². The summed E-state index contributed by atoms with van der Waals surface area (Å²) in [6.07, 6.45) is 4.53. The van der Waals surface area contributed by atoms with Crippen molar-refractivity contribution in [3.8, 4) is 17.2 Å². The van der Waals surface area contributed by atoms with Gasteiger partial charge in [0.2, 0.25) is 0 Å². The summed E-state index contributed by atoms with van der Waals surface area (Å²) in [4.78, 5) is 27.5. The van der Waals surface area contributed by atoms with Crippen LogP contribution >= 0.6 is 0 Å². The van der Waals surface area contributed by atoms with Crippen LogP contribution in [0.3, 0.4) is 0 Å². The van der Waals surface area contributed by atoms with Crippen molar-refractivity contribution < 1.29 is 19.1 Å². The summed E-state index contributed by atoms with van der Waals surface area (Å²) in [5, 5.41) is 3.39. The number of imide groups is 1. The fourth-order valence-electron chi connectivity index (χ4n) is 4.99. The van der Waals surface area contributed by atoms with E-state index in [1.807, 2.05) is 31.3 Å². The number of carbonyl (C=O) groups excluding carboxylic acids is 2. The zero-order valence-electron chi connectivity index (χ0n) is 19.8. The molecule has 0 aliphatic carbocycles. The highest BCUT2D eigenvalue weighted by Crippen LogP contribution is 2.44. The van der Waals surface area contributed by atoms with Gasteiger partial charge in [0.15, 0.2) is 5.60 Å². The van der Waals surface area contributed by atoms with Crippen LogP contribution in [0.2, 0.25) is 0 Å². The molecule has 0 bridgehead atoms. The number of nitrogens with one attached hydrogen (secondary N) is 1. The first-order valence-electron chi connectivity index (χ1n) is 11.7. The second-order valence-corrected chi connectivity index (χ2v) is 8.84. The summed E-state index contributed by atoms with van der Waals surface area (Å²) >= 11 is 0. The van der Waals surface area contributed by atoms with Crippen molar-refractivity contribution in [3.63, 3.8) is 0 Å². The largest absolute Gasteiger partial charge is 0.496 e. The SMILES string of the molecule is CCc1ccc(C(=O)N(C)C(=O)c2ccc3c(c2)OC2(CCNCC2)c2cccn2-3)cc1OC. The van der Waals surface area contributed by atoms with Crippen molar-refractivity contribution in [1.82, 2.24) is 14.8 Å². The number of aryl methyl sites for hydroxylation is 1. The van der Waals surface area contributed by atoms with Crippen molar-refractivity contribution in [2.75, 3.05) is 27.2 Å². The second kappa shape index (κ2) is 8.65. The first-order chi connectivity index (χ1) is 16.5. The number of carbonyl (C=O) groups is 2. The lowest BCUT2D eigenvalue weighted by atomic mass is 9.87. The first kappa shape index (κ1) is 22.2. The van der Waals surface area contributed by atoms with Gasteiger partial charge in [-0.15, -0.1) is 0 Å². The minimum Gasteiger partial charge on any atom is -0.496 e. The van der Waals surface area contributed by atoms with Crippen LogP contribution < -0.4 is 14.8 Å². The van der Waals surface area contributed by atoms with Crippen molar-refractivity contribution in [3.05, 3.63) is 77.1 Å². The molecular weight excluding hydrogens is 430 g/mol. The predicted molar refractivity (Wildman–Crippen MR) is 129 cm³/mol. The molecule has 0 radical (unpaired) electrons. The highest BCUT2D eigenvalue weighted by molar-refractivity contribution is 6.10. The molecule has 7 heteroatoms. The zero-order valence-corrected chi connectivity index (χ0v) is 19.8. The van der Waals surface area contributed by atoms with E-state index in [1.165, 1.54) is 7.05 Å². The van der Waals surface area contributed by atoms with Crippen LogP contribution in [0.5, 0.6) is 11.5 Å². The van der Waals surface area contributed by atoms with Crippen LogP contribution in [-0.2, 0) is 12.0 Å². The number of fused-ring (bicyclic) bond motifs is 4. The molecule has 1 spiro atoms. The molecule has 1 N–H and O–H groups in total. The van der Waals surface area contributed by atoms with Gasteiger partial charge in [0.25, 0.3) is 11.8 Å². The molecule has 2 aliphatic heterocycles. The Kier molecular flexibility index (Phi) is 5.65. The fourth-order valence-corrected chi connectivity index (χ4v) is 4.99. The minimum absolute atomic E-state index is 0.382. The lowest BCUT2D eigenvalue weighted by Gasteiger charge is -2.42. The number of amides is 2. The Hall–Kier alpha value is -3.58. The maximum Gasteiger partial charge on any atom is 0.260 e. The van der Waals surface area contributed by atoms with E-state index < -0.39 is 5.60 Å². The summed E-state index contributed by atoms with van der Waals surface area (Å²) < 4.78 is 14.1. The van der Waals surface area contributed by atoms with E-state index in [-0.39, 0.29) is 11.8 Å². The predicted octanol–water partition coefficient (Wildman–Crippen LogP) is 3.93. The van der Waals surface area contributed by atoms with Crippen molar-refractivity contribution in [1.29, 1.82) is 0 Å². The summed E-state index contributed by atoms with van der Waals surface area (Å²) in [5.74, 6) is 0.539. The van der Waals surface area contributed by atoms with Gasteiger partial charge in [0.1, 0.15) is 11.5 Å². The molecule has 2 amide bonds. The molecule has 5 rings (SSSR count). The monoisotopic (exact) mass is 459 g/mol. The van der Waals surface area contributed by atoms with Crippen molar-refractivity contribution in [2.24, 2.45) is 0 Å². The first-order valence-corrected chi connectivity index (χ1v) is 11.7. The Morgan fingerprint density at radius 1 is 1.09 bits per heavy atom. The third kappa shape index (κ3) is 3.56. The van der Waals surface area contributed by atoms with Crippen LogP contribution in [0.1, 0.15) is 51.7 Å². The second-order valence-electron chi connectivity index (χ2n) is 8.84. The molecule has 1 saturated heterocycles. The van der Waals surface area contributed by atoms with Crippen LogP contribution in [0.15, 0.2) is 54.7 Å². The van der Waals surface area contributed by atoms with E-state index in [4.69, 9.17) is 9.47 Å². The normalized spacial score (nSPS) is 15.7. The highest BCUT2D eigenvalue weighted by Gasteiger charge is 2.42. The van der Waals surface area contributed by atoms with E-state index in [1.54, 1.807) is 31.4 Å². The van der Waals surface area contributed by atoms with Gasteiger partial charge in [-0.05, 0) is 67.5 Å². The van der Waals surface area contributed by atoms with E-state index in [9.17, 15) is 9.59 Å². The average molecular weight is 460 g/mol. The number of piperidine rings is 1. The topological polar surface area (TPSA) is 72.8 Å². The number of rotatable bonds is 4. The van der Waals surface area contributed by atoms with E-state index in [0.29, 0.717) is 22.6 Å². The fraction of sp³-hybridized carbons (Fsp3) is 0.333. The molecule has 3 aromatic rings. The quantitative estimate of drug-likeness (QED) is 0.599. The Bertz CT molecular complexity index is 1260. The number of nitrogens with zero attached hydrogens (tertiary/aromatic N) is 2. The summed E-state index contributed by atoms with van der Waals surface area (Å²) in [5.41, 5.74) is 3.45. The Morgan fingerprint density at radius 3 is 2.50 bits per heavy atom. The molecule has 7 nitrogen and oxygen atoms in total. The Balaban J connectivity index is 1.44. The lowest BCUT2D eigenvalue weighted by Crippen LogP contribution is -2.46. The van der Waals surface area contributed by atoms with Crippen LogP contribution in [-0.4, -0.2) is 48.5 Å². The summed E-state index contributed by atoms with van der Waals surface area (Å²) in [6, 6.07) is 14.8. The molecule has 0 unspecified atom stereocenters. The molecule has 0 saturated carbocycles. The molecule has 176 valence electrons. The van der Waals surface area contributed by atoms with E-state index in [0.717, 1.165) is 54.2 Å². The number of hydrogen-bond acceptors (Lipinski definition) is 5. The molecule has 1 fully saturated rings. The van der Waals surface area contributed by atoms with Gasteiger partial charge in [-0.3, -0.25) is 14.5 Å². The third-order valence-corrected chi connectivity index (χ3v) is 6.92. The molecular formula is C27H29N3O4. The third-order valence-electron chi connectivity index (χ3n) is 6.92. The molecule has 3 heterocycles. The summed E-state index contributed by atoms with van der Waals surface area (Å²) in [6.45, 7) is 3.77. The van der Waals surface area contributed by atoms with Gasteiger partial charge in [-0.25, -0.2) is 0 Å². The highest BCUT2D eigenvalue weighted by atomic mass is 16.5. The Labute approximate surface area is 199 Å². The maximum absolute atomic E-state index is 13.3. The van der Waals surface area contributed by atoms with Crippen LogP contribution in [0.25, 0.3) is 5.69 Å². The number of aromatic nitrogens is 1. The molecule has 2 aliphatic rings. The van der Waals surface area contributed by atoms with Crippen molar-refractivity contribution in [2.45, 2.75) is 31.8 Å². The molecule has 2 aromatic carbocycles. The van der Waals surface area contributed by atoms with Gasteiger partial charge in [0.05, 0.1) is 18.5 Å². The van der Waals surface area contributed by atoms with Gasteiger partial charge in [0, 0.05) is 37.2 Å². The minimum atomic E-state index is -0.414. The standard InChI is InChI=1S/C27H29N3O4/c1-4-18-7-8-19(16-22(18)33-3)25(31)29(2)26(32)20-9-10-21-23(17-20)34-27(11-13-28-14-12-27)24-6-5-15-30(21)24/h5-10,15-17,28H,4,11-14H2,1-3H3. The lowest BCUT2D eigenvalue weighted by molar-refractivity contribution is 0.0201. The molecule has 0 atom stereocenters. The van der Waals surface area contributed by atoms with E-state index in [2.05, 4.69) is 16.0 Å². The Morgan fingerprint density at radius 2 is 1.79 bits per heavy atom. The smallest absolute Gasteiger partial charge is 0.260 e. The number of benzene rings is 2. The van der Waals surface area contributed by atoms with Gasteiger partial charge in [-0.2, -0.15) is 0 Å². The van der Waals surface area contributed by atoms with Crippen molar-refractivity contribution >= 4 is 11.8 Å².